The molecule has 260 valence electrons. The van der Waals surface area contributed by atoms with E-state index in [0.29, 0.717) is 17.5 Å². The lowest BCUT2D eigenvalue weighted by atomic mass is 9.90. The molecule has 1 heterocycles. The number of hydrogen-bond donors (Lipinski definition) is 0. The van der Waals surface area contributed by atoms with Gasteiger partial charge >= 0.3 is 0 Å². The molecule has 0 atom stereocenters. The molecule has 3 heteroatoms. The van der Waals surface area contributed by atoms with E-state index in [0.717, 1.165) is 38.6 Å². The lowest BCUT2D eigenvalue weighted by Crippen LogP contribution is -2.00. The minimum absolute atomic E-state index is 0.641. The zero-order chi connectivity index (χ0) is 37.0. The van der Waals surface area contributed by atoms with Gasteiger partial charge in [-0.2, -0.15) is 0 Å². The molecule has 0 saturated heterocycles. The van der Waals surface area contributed by atoms with Crippen LogP contribution in [-0.2, 0) is 0 Å². The van der Waals surface area contributed by atoms with Crippen molar-refractivity contribution in [1.82, 2.24) is 15.0 Å². The van der Waals surface area contributed by atoms with Gasteiger partial charge in [0.25, 0.3) is 0 Å². The van der Waals surface area contributed by atoms with Crippen molar-refractivity contribution in [2.75, 3.05) is 0 Å². The normalized spacial score (nSPS) is 11.6. The maximum atomic E-state index is 5.10. The van der Waals surface area contributed by atoms with Gasteiger partial charge in [-0.25, -0.2) is 15.0 Å². The largest absolute Gasteiger partial charge is 0.208 e. The molecule has 0 amide bonds. The molecule has 1 aliphatic rings. The van der Waals surface area contributed by atoms with Crippen LogP contribution in [0, 0.1) is 0 Å². The highest BCUT2D eigenvalue weighted by Gasteiger charge is 2.22. The molecule has 9 aromatic carbocycles. The first-order chi connectivity index (χ1) is 27.7. The zero-order valence-electron chi connectivity index (χ0n) is 30.4. The van der Waals surface area contributed by atoms with Gasteiger partial charge < -0.3 is 0 Å². The van der Waals surface area contributed by atoms with Crippen molar-refractivity contribution in [1.29, 1.82) is 0 Å². The summed E-state index contributed by atoms with van der Waals surface area (Å²) in [5.41, 5.74) is 15.2. The minimum Gasteiger partial charge on any atom is -0.208 e. The smallest absolute Gasteiger partial charge is 0.164 e. The van der Waals surface area contributed by atoms with E-state index in [1.165, 1.54) is 55.3 Å². The number of rotatable bonds is 6. The number of benzene rings is 9. The molecule has 0 bridgehead atoms. The summed E-state index contributed by atoms with van der Waals surface area (Å²) in [6.45, 7) is 0. The van der Waals surface area contributed by atoms with E-state index in [4.69, 9.17) is 15.0 Å². The average molecular weight is 712 g/mol. The lowest BCUT2D eigenvalue weighted by molar-refractivity contribution is 1.08. The third-order valence-corrected chi connectivity index (χ3v) is 11.1. The van der Waals surface area contributed by atoms with Crippen LogP contribution in [0.25, 0.3) is 111 Å². The van der Waals surface area contributed by atoms with Crippen LogP contribution in [0.5, 0.6) is 0 Å². The van der Waals surface area contributed by atoms with Crippen LogP contribution in [0.3, 0.4) is 0 Å². The molecule has 0 aliphatic heterocycles. The van der Waals surface area contributed by atoms with Crippen molar-refractivity contribution in [2.45, 2.75) is 0 Å². The van der Waals surface area contributed by atoms with Gasteiger partial charge in [0.05, 0.1) is 0 Å². The summed E-state index contributed by atoms with van der Waals surface area (Å²) < 4.78 is 0. The average Bonchev–Trinajstić information content (AvgIpc) is 3.61. The molecule has 0 fully saturated rings. The summed E-state index contributed by atoms with van der Waals surface area (Å²) in [6.07, 6.45) is 0. The van der Waals surface area contributed by atoms with Crippen molar-refractivity contribution < 1.29 is 0 Å². The van der Waals surface area contributed by atoms with E-state index in [1.807, 2.05) is 30.3 Å². The minimum atomic E-state index is 0.641. The number of nitrogens with zero attached hydrogens (tertiary/aromatic N) is 3. The number of hydrogen-bond acceptors (Lipinski definition) is 3. The highest BCUT2D eigenvalue weighted by Crippen LogP contribution is 2.49. The molecule has 3 nitrogen and oxygen atoms in total. The fourth-order valence-electron chi connectivity index (χ4n) is 8.40. The molecular weight excluding hydrogens is 679 g/mol. The molecule has 1 aliphatic carbocycles. The fraction of sp³-hybridized carbons (Fsp3) is 0. The third-order valence-electron chi connectivity index (χ3n) is 11.1. The molecule has 10 aromatic rings. The Morgan fingerprint density at radius 3 is 1.55 bits per heavy atom. The summed E-state index contributed by atoms with van der Waals surface area (Å²) in [7, 11) is 0. The predicted octanol–water partition coefficient (Wildman–Crippen LogP) is 13.8. The monoisotopic (exact) mass is 711 g/mol. The van der Waals surface area contributed by atoms with Crippen molar-refractivity contribution in [3.05, 3.63) is 200 Å². The van der Waals surface area contributed by atoms with E-state index in [9.17, 15) is 0 Å². The van der Waals surface area contributed by atoms with Crippen LogP contribution in [0.2, 0.25) is 0 Å². The van der Waals surface area contributed by atoms with E-state index in [1.54, 1.807) is 0 Å². The quantitative estimate of drug-likeness (QED) is 0.172. The molecule has 11 rings (SSSR count). The Morgan fingerprint density at radius 1 is 0.232 bits per heavy atom. The van der Waals surface area contributed by atoms with Gasteiger partial charge in [-0.05, 0) is 95.4 Å². The van der Waals surface area contributed by atoms with E-state index >= 15 is 0 Å². The number of aromatic nitrogens is 3. The Balaban J connectivity index is 0.967. The summed E-state index contributed by atoms with van der Waals surface area (Å²) in [4.78, 5) is 15.1. The molecule has 0 N–H and O–H groups in total. The highest BCUT2D eigenvalue weighted by atomic mass is 15.0. The standard InChI is InChI=1S/C53H33N3/c1-2-14-37(15-3-1)51-54-52(56-53(55-51)48-26-11-16-35-13-4-5-21-43(35)48)40-19-10-17-38(31-40)34-27-29-36(30-28-34)42-20-6-7-22-44(42)41-32-39-18-12-25-47-45-23-8-9-24-46(45)49(33-41)50(39)47/h1-33H. The van der Waals surface area contributed by atoms with Gasteiger partial charge in [0.2, 0.25) is 0 Å². The van der Waals surface area contributed by atoms with Crippen molar-refractivity contribution in [3.63, 3.8) is 0 Å². The van der Waals surface area contributed by atoms with Gasteiger partial charge in [-0.1, -0.05) is 182 Å². The van der Waals surface area contributed by atoms with Gasteiger partial charge in [0.1, 0.15) is 0 Å². The van der Waals surface area contributed by atoms with Crippen molar-refractivity contribution >= 4 is 21.5 Å². The first-order valence-corrected chi connectivity index (χ1v) is 19.0. The van der Waals surface area contributed by atoms with Gasteiger partial charge in [-0.3, -0.25) is 0 Å². The number of fused-ring (bicyclic) bond motifs is 4. The Hall–Kier alpha value is -7.49. The molecule has 0 radical (unpaired) electrons. The zero-order valence-corrected chi connectivity index (χ0v) is 30.4. The van der Waals surface area contributed by atoms with Crippen LogP contribution in [0.4, 0.5) is 0 Å². The van der Waals surface area contributed by atoms with Crippen molar-refractivity contribution in [3.8, 4) is 89.8 Å². The Kier molecular flexibility index (Phi) is 7.49. The maximum absolute atomic E-state index is 5.10. The Bertz CT molecular complexity index is 3120. The van der Waals surface area contributed by atoms with Gasteiger partial charge in [0.15, 0.2) is 17.5 Å². The first-order valence-electron chi connectivity index (χ1n) is 19.0. The maximum Gasteiger partial charge on any atom is 0.164 e. The molecule has 0 spiro atoms. The third kappa shape index (κ3) is 5.40. The highest BCUT2D eigenvalue weighted by molar-refractivity contribution is 6.16. The van der Waals surface area contributed by atoms with Crippen molar-refractivity contribution in [2.24, 2.45) is 0 Å². The summed E-state index contributed by atoms with van der Waals surface area (Å²) in [5.74, 6) is 1.95. The van der Waals surface area contributed by atoms with Crippen LogP contribution in [0.1, 0.15) is 0 Å². The molecule has 1 aromatic heterocycles. The van der Waals surface area contributed by atoms with Crippen LogP contribution in [-0.4, -0.2) is 15.0 Å². The topological polar surface area (TPSA) is 38.7 Å². The summed E-state index contributed by atoms with van der Waals surface area (Å²) >= 11 is 0. The van der Waals surface area contributed by atoms with E-state index < -0.39 is 0 Å². The second kappa shape index (κ2) is 13.1. The lowest BCUT2D eigenvalue weighted by Gasteiger charge is -2.14. The van der Waals surface area contributed by atoms with Crippen LogP contribution < -0.4 is 0 Å². The second-order valence-electron chi connectivity index (χ2n) is 14.4. The van der Waals surface area contributed by atoms with Gasteiger partial charge in [-0.15, -0.1) is 0 Å². The SMILES string of the molecule is c1ccc(-c2nc(-c3cccc(-c4ccc(-c5ccccc5-c5cc6c7c(cccc7c5)-c5ccccc5-6)cc4)c3)nc(-c3cccc4ccccc34)n2)cc1. The van der Waals surface area contributed by atoms with Gasteiger partial charge in [0, 0.05) is 16.7 Å². The summed E-state index contributed by atoms with van der Waals surface area (Å²) in [6, 6.07) is 71.2. The summed E-state index contributed by atoms with van der Waals surface area (Å²) in [5, 5.41) is 4.88. The fourth-order valence-corrected chi connectivity index (χ4v) is 8.40. The predicted molar refractivity (Wildman–Crippen MR) is 232 cm³/mol. The Morgan fingerprint density at radius 2 is 0.750 bits per heavy atom. The van der Waals surface area contributed by atoms with E-state index in [2.05, 4.69) is 170 Å². The second-order valence-corrected chi connectivity index (χ2v) is 14.4. The first kappa shape index (κ1) is 32.0. The van der Waals surface area contributed by atoms with E-state index in [-0.39, 0.29) is 0 Å². The molecule has 0 unspecified atom stereocenters. The van der Waals surface area contributed by atoms with Crippen LogP contribution >= 0.6 is 0 Å². The molecule has 56 heavy (non-hydrogen) atoms. The van der Waals surface area contributed by atoms with Crippen LogP contribution in [0.15, 0.2) is 200 Å². The molecule has 0 saturated carbocycles. The Labute approximate surface area is 325 Å². The molecular formula is C53H33N3.